The van der Waals surface area contributed by atoms with Gasteiger partial charge >= 0.3 is 0 Å². The van der Waals surface area contributed by atoms with Crippen molar-refractivity contribution in [2.45, 2.75) is 20.8 Å². The molecule has 0 radical (unpaired) electrons. The number of allylic oxidation sites excluding steroid dienone is 3. The molecular weight excluding hydrogens is 420 g/mol. The Morgan fingerprint density at radius 1 is 1.29 bits per heavy atom. The van der Waals surface area contributed by atoms with E-state index in [2.05, 4.69) is 33.1 Å². The average Bonchev–Trinajstić information content (AvgIpc) is 2.90. The minimum atomic E-state index is 0.0325. The topological polar surface area (TPSA) is 116 Å². The number of aromatic hydroxyl groups is 1. The summed E-state index contributed by atoms with van der Waals surface area (Å²) in [6.45, 7) is 5.89. The number of nitrogens with two attached hydrogens (primary N) is 1. The molecule has 3 N–H and O–H groups in total. The normalized spacial score (nSPS) is 14.0. The Kier molecular flexibility index (Phi) is 5.13. The van der Waals surface area contributed by atoms with Crippen LogP contribution in [0.5, 0.6) is 11.5 Å². The molecule has 0 aliphatic heterocycles. The van der Waals surface area contributed by atoms with Crippen molar-refractivity contribution in [2.24, 2.45) is 0 Å². The molecule has 28 heavy (non-hydrogen) atoms. The Balaban J connectivity index is 2.31. The van der Waals surface area contributed by atoms with E-state index >= 15 is 0 Å². The molecule has 1 aromatic heterocycles. The van der Waals surface area contributed by atoms with Gasteiger partial charge < -0.3 is 15.6 Å². The monoisotopic (exact) mass is 436 g/mol. The molecule has 0 spiro atoms. The number of anilines is 1. The van der Waals surface area contributed by atoms with Crippen LogP contribution in [0.4, 0.5) is 5.82 Å². The fraction of sp³-hybridized carbons (Fsp3) is 0.190. The number of phenolic OH excluding ortho intramolecular Hbond substituents is 1. The number of halogens is 1. The third kappa shape index (κ3) is 3.00. The van der Waals surface area contributed by atoms with Crippen molar-refractivity contribution in [2.75, 3.05) is 12.3 Å². The summed E-state index contributed by atoms with van der Waals surface area (Å²) in [5.74, 6) is 0.512. The number of rotatable bonds is 3. The molecule has 1 aliphatic rings. The van der Waals surface area contributed by atoms with Crippen molar-refractivity contribution in [1.29, 1.82) is 10.5 Å². The van der Waals surface area contributed by atoms with Gasteiger partial charge in [-0.25, -0.2) is 4.98 Å². The lowest BCUT2D eigenvalue weighted by molar-refractivity contribution is 0.318. The van der Waals surface area contributed by atoms with Gasteiger partial charge in [0.05, 0.1) is 23.4 Å². The van der Waals surface area contributed by atoms with E-state index in [0.29, 0.717) is 39.2 Å². The summed E-state index contributed by atoms with van der Waals surface area (Å²) in [6.07, 6.45) is 1.89. The zero-order chi connectivity index (χ0) is 20.6. The van der Waals surface area contributed by atoms with Crippen molar-refractivity contribution in [3.05, 3.63) is 50.1 Å². The summed E-state index contributed by atoms with van der Waals surface area (Å²) in [5.41, 5.74) is 10.8. The number of hydrogen-bond donors (Lipinski definition) is 2. The number of pyridine rings is 1. The third-order valence-electron chi connectivity index (χ3n) is 4.66. The second kappa shape index (κ2) is 7.38. The van der Waals surface area contributed by atoms with Crippen LogP contribution < -0.4 is 10.5 Å². The minimum Gasteiger partial charge on any atom is -0.504 e. The largest absolute Gasteiger partial charge is 0.504 e. The number of nitrogens with zero attached hydrogens (tertiary/aromatic N) is 3. The van der Waals surface area contributed by atoms with Crippen molar-refractivity contribution in [3.63, 3.8) is 0 Å². The first-order chi connectivity index (χ1) is 13.3. The highest BCUT2D eigenvalue weighted by Crippen LogP contribution is 2.45. The molecule has 0 atom stereocenters. The number of nitriles is 2. The predicted molar refractivity (Wildman–Crippen MR) is 111 cm³/mol. The Morgan fingerprint density at radius 3 is 2.61 bits per heavy atom. The van der Waals surface area contributed by atoms with E-state index in [4.69, 9.17) is 10.5 Å². The molecule has 1 heterocycles. The van der Waals surface area contributed by atoms with Crippen molar-refractivity contribution >= 4 is 39.0 Å². The highest BCUT2D eigenvalue weighted by atomic mass is 79.9. The van der Waals surface area contributed by atoms with Crippen LogP contribution in [0.15, 0.2) is 22.2 Å². The first-order valence-electron chi connectivity index (χ1n) is 8.53. The maximum Gasteiger partial charge on any atom is 0.161 e. The van der Waals surface area contributed by atoms with Crippen LogP contribution in [0.2, 0.25) is 0 Å². The highest BCUT2D eigenvalue weighted by Gasteiger charge is 2.29. The van der Waals surface area contributed by atoms with Gasteiger partial charge in [0, 0.05) is 10.0 Å². The summed E-state index contributed by atoms with van der Waals surface area (Å²) in [6, 6.07) is 7.57. The quantitative estimate of drug-likeness (QED) is 0.727. The lowest BCUT2D eigenvalue weighted by atomic mass is 9.95. The number of hydrogen-bond acceptors (Lipinski definition) is 6. The van der Waals surface area contributed by atoms with E-state index < -0.39 is 0 Å². The summed E-state index contributed by atoms with van der Waals surface area (Å²) >= 11 is 3.46. The van der Waals surface area contributed by atoms with Gasteiger partial charge in [0.1, 0.15) is 18.0 Å². The van der Waals surface area contributed by atoms with Gasteiger partial charge in [-0.1, -0.05) is 15.9 Å². The van der Waals surface area contributed by atoms with Gasteiger partial charge in [0.25, 0.3) is 0 Å². The minimum absolute atomic E-state index is 0.0325. The van der Waals surface area contributed by atoms with Crippen molar-refractivity contribution in [1.82, 2.24) is 4.98 Å². The third-order valence-corrected chi connectivity index (χ3v) is 5.35. The summed E-state index contributed by atoms with van der Waals surface area (Å²) in [7, 11) is 0. The van der Waals surface area contributed by atoms with Crippen LogP contribution >= 0.6 is 15.9 Å². The molecule has 7 heteroatoms. The van der Waals surface area contributed by atoms with Gasteiger partial charge in [-0.2, -0.15) is 10.5 Å². The van der Waals surface area contributed by atoms with Crippen LogP contribution in [0.1, 0.15) is 41.8 Å². The molecule has 140 valence electrons. The Morgan fingerprint density at radius 2 is 2.00 bits per heavy atom. The fourth-order valence-electron chi connectivity index (χ4n) is 3.29. The number of aromatic nitrogens is 1. The molecule has 3 rings (SSSR count). The molecule has 0 unspecified atom stereocenters. The first kappa shape index (κ1) is 19.5. The van der Waals surface area contributed by atoms with E-state index in [1.54, 1.807) is 19.1 Å². The average molecular weight is 437 g/mol. The predicted octanol–water partition coefficient (Wildman–Crippen LogP) is 4.56. The molecule has 0 fully saturated rings. The van der Waals surface area contributed by atoms with E-state index in [9.17, 15) is 15.6 Å². The van der Waals surface area contributed by atoms with Crippen molar-refractivity contribution in [3.8, 4) is 23.6 Å². The number of phenols is 1. The molecule has 0 amide bonds. The molecule has 2 aromatic rings. The summed E-state index contributed by atoms with van der Waals surface area (Å²) in [5, 5.41) is 29.1. The lowest BCUT2D eigenvalue weighted by Gasteiger charge is -2.12. The number of fused-ring (bicyclic) bond motifs is 1. The van der Waals surface area contributed by atoms with E-state index in [0.717, 1.165) is 22.3 Å². The zero-order valence-electron chi connectivity index (χ0n) is 15.6. The van der Waals surface area contributed by atoms with Gasteiger partial charge in [0.2, 0.25) is 0 Å². The molecule has 0 saturated heterocycles. The lowest BCUT2D eigenvalue weighted by Crippen LogP contribution is -2.03. The van der Waals surface area contributed by atoms with Crippen LogP contribution in [0, 0.1) is 29.6 Å². The molecule has 1 aliphatic carbocycles. The Labute approximate surface area is 171 Å². The van der Waals surface area contributed by atoms with Crippen LogP contribution in [0.3, 0.4) is 0 Å². The van der Waals surface area contributed by atoms with Gasteiger partial charge in [-0.15, -0.1) is 0 Å². The van der Waals surface area contributed by atoms with E-state index in [1.807, 2.05) is 19.9 Å². The van der Waals surface area contributed by atoms with Gasteiger partial charge in [-0.3, -0.25) is 0 Å². The number of nitrogen functional groups attached to an aromatic ring is 1. The smallest absolute Gasteiger partial charge is 0.161 e. The van der Waals surface area contributed by atoms with Gasteiger partial charge in [0.15, 0.2) is 11.5 Å². The van der Waals surface area contributed by atoms with Crippen LogP contribution in [0.25, 0.3) is 17.2 Å². The Hall–Kier alpha value is -3.29. The maximum absolute atomic E-state index is 10.1. The maximum atomic E-state index is 10.1. The molecule has 6 nitrogen and oxygen atoms in total. The van der Waals surface area contributed by atoms with E-state index in [1.165, 1.54) is 0 Å². The molecular formula is C21H17BrN4O2. The first-order valence-corrected chi connectivity index (χ1v) is 9.32. The SMILES string of the molecule is CCOc1cc(/C=C2/C(C)=C(C#N)c3nc(N)c(C#N)c(C)c32)c(Br)cc1O. The van der Waals surface area contributed by atoms with Crippen LogP contribution in [-0.2, 0) is 0 Å². The van der Waals surface area contributed by atoms with Gasteiger partial charge in [-0.05, 0) is 61.3 Å². The second-order valence-electron chi connectivity index (χ2n) is 6.28. The zero-order valence-corrected chi connectivity index (χ0v) is 17.2. The molecule has 0 bridgehead atoms. The number of ether oxygens (including phenoxy) is 1. The van der Waals surface area contributed by atoms with Crippen LogP contribution in [-0.4, -0.2) is 16.7 Å². The summed E-state index contributed by atoms with van der Waals surface area (Å²) in [4.78, 5) is 4.32. The second-order valence-corrected chi connectivity index (χ2v) is 7.13. The van der Waals surface area contributed by atoms with Crippen molar-refractivity contribution < 1.29 is 9.84 Å². The van der Waals surface area contributed by atoms with E-state index in [-0.39, 0.29) is 11.6 Å². The highest BCUT2D eigenvalue weighted by molar-refractivity contribution is 9.10. The Bertz CT molecular complexity index is 1150. The molecule has 1 aromatic carbocycles. The fourth-order valence-corrected chi connectivity index (χ4v) is 3.74. The summed E-state index contributed by atoms with van der Waals surface area (Å²) < 4.78 is 6.14. The number of benzene rings is 1. The standard InChI is InChI=1S/C21H17BrN4O2/c1-4-28-18-6-12(16(22)7-17(18)27)5-13-10(2)14(8-23)20-19(13)11(3)15(9-24)21(25)26-20/h5-7,27H,4H2,1-3H3,(H2,25,26)/b13-5-. The molecule has 0 saturated carbocycles.